The summed E-state index contributed by atoms with van der Waals surface area (Å²) in [6.45, 7) is 1.96. The summed E-state index contributed by atoms with van der Waals surface area (Å²) in [5.41, 5.74) is 1.89. The van der Waals surface area contributed by atoms with E-state index < -0.39 is 5.92 Å². The van der Waals surface area contributed by atoms with Crippen LogP contribution >= 0.6 is 0 Å². The normalized spacial score (nSPS) is 11.7. The molecule has 0 saturated carbocycles. The van der Waals surface area contributed by atoms with Gasteiger partial charge in [-0.3, -0.25) is 0 Å². The molecule has 0 N–H and O–H groups in total. The molecule has 0 aliphatic heterocycles. The number of carbonyl (C=O) groups excluding carboxylic acids is 1. The van der Waals surface area contributed by atoms with Crippen LogP contribution in [0.1, 0.15) is 17.0 Å². The maximum atomic E-state index is 10.4. The molecule has 0 bridgehead atoms. The monoisotopic (exact) mass is 159 g/mol. The van der Waals surface area contributed by atoms with Gasteiger partial charge >= 0.3 is 0 Å². The third-order valence-corrected chi connectivity index (χ3v) is 1.71. The zero-order chi connectivity index (χ0) is 8.97. The predicted octanol–water partition coefficient (Wildman–Crippen LogP) is 1.80. The van der Waals surface area contributed by atoms with Crippen LogP contribution in [0.2, 0.25) is 0 Å². The maximum Gasteiger partial charge on any atom is 0.141 e. The minimum absolute atomic E-state index is 0.620. The van der Waals surface area contributed by atoms with Gasteiger partial charge in [0.1, 0.15) is 12.2 Å². The van der Waals surface area contributed by atoms with Gasteiger partial charge in [-0.15, -0.1) is 0 Å². The molecule has 0 fully saturated rings. The molecule has 12 heavy (non-hydrogen) atoms. The third kappa shape index (κ3) is 1.70. The van der Waals surface area contributed by atoms with E-state index in [1.165, 1.54) is 0 Å². The molecular weight excluding hydrogens is 150 g/mol. The summed E-state index contributed by atoms with van der Waals surface area (Å²) in [5, 5.41) is 8.57. The van der Waals surface area contributed by atoms with Gasteiger partial charge in [0.2, 0.25) is 0 Å². The molecule has 0 aliphatic rings. The van der Waals surface area contributed by atoms with Crippen molar-refractivity contribution in [2.45, 2.75) is 12.8 Å². The van der Waals surface area contributed by atoms with E-state index in [-0.39, 0.29) is 0 Å². The second-order valence-corrected chi connectivity index (χ2v) is 2.65. The van der Waals surface area contributed by atoms with E-state index in [0.29, 0.717) is 6.29 Å². The van der Waals surface area contributed by atoms with E-state index in [9.17, 15) is 4.79 Å². The van der Waals surface area contributed by atoms with Crippen molar-refractivity contribution in [2.75, 3.05) is 0 Å². The van der Waals surface area contributed by atoms with Gasteiger partial charge in [0.05, 0.1) is 6.07 Å². The fourth-order valence-electron chi connectivity index (χ4n) is 0.957. The molecular formula is C10H9NO. The Labute approximate surface area is 71.4 Å². The van der Waals surface area contributed by atoms with Gasteiger partial charge in [-0.1, -0.05) is 29.8 Å². The number of aldehydes is 1. The van der Waals surface area contributed by atoms with Crippen LogP contribution in [-0.4, -0.2) is 6.29 Å². The van der Waals surface area contributed by atoms with Crippen molar-refractivity contribution in [1.29, 1.82) is 5.26 Å². The molecule has 60 valence electrons. The Hall–Kier alpha value is -1.62. The Morgan fingerprint density at radius 2 is 2.00 bits per heavy atom. The van der Waals surface area contributed by atoms with Crippen LogP contribution in [0.15, 0.2) is 24.3 Å². The van der Waals surface area contributed by atoms with Crippen molar-refractivity contribution in [3.05, 3.63) is 35.4 Å². The van der Waals surface area contributed by atoms with Crippen LogP contribution in [0.4, 0.5) is 0 Å². The van der Waals surface area contributed by atoms with Gasteiger partial charge in [-0.25, -0.2) is 0 Å². The van der Waals surface area contributed by atoms with Gasteiger partial charge < -0.3 is 4.79 Å². The van der Waals surface area contributed by atoms with Crippen LogP contribution in [0, 0.1) is 18.3 Å². The highest BCUT2D eigenvalue weighted by molar-refractivity contribution is 5.66. The van der Waals surface area contributed by atoms with E-state index in [1.54, 1.807) is 12.1 Å². The number of benzene rings is 1. The molecule has 0 spiro atoms. The quantitative estimate of drug-likeness (QED) is 0.617. The Bertz CT molecular complexity index is 308. The SMILES string of the molecule is Cc1ccc([C@@H](C#N)C=O)cc1. The molecule has 0 aliphatic carbocycles. The lowest BCUT2D eigenvalue weighted by atomic mass is 10.0. The Balaban J connectivity index is 2.97. The lowest BCUT2D eigenvalue weighted by molar-refractivity contribution is -0.108. The fourth-order valence-corrected chi connectivity index (χ4v) is 0.957. The maximum absolute atomic E-state index is 10.4. The number of rotatable bonds is 2. The van der Waals surface area contributed by atoms with Crippen LogP contribution < -0.4 is 0 Å². The fraction of sp³-hybridized carbons (Fsp3) is 0.200. The molecule has 0 heterocycles. The molecule has 0 radical (unpaired) electrons. The van der Waals surface area contributed by atoms with E-state index in [4.69, 9.17) is 5.26 Å². The first-order valence-corrected chi connectivity index (χ1v) is 3.69. The van der Waals surface area contributed by atoms with Gasteiger partial charge in [-0.05, 0) is 12.5 Å². The summed E-state index contributed by atoms with van der Waals surface area (Å²) >= 11 is 0. The lowest BCUT2D eigenvalue weighted by Crippen LogP contribution is -1.95. The summed E-state index contributed by atoms with van der Waals surface area (Å²) in [4.78, 5) is 10.4. The molecule has 0 saturated heterocycles. The first kappa shape index (κ1) is 8.48. The Morgan fingerprint density at radius 3 is 2.42 bits per heavy atom. The van der Waals surface area contributed by atoms with Gasteiger partial charge in [-0.2, -0.15) is 5.26 Å². The van der Waals surface area contributed by atoms with Crippen molar-refractivity contribution in [3.8, 4) is 6.07 Å². The Morgan fingerprint density at radius 1 is 1.42 bits per heavy atom. The minimum atomic E-state index is -0.620. The van der Waals surface area contributed by atoms with Crippen molar-refractivity contribution in [3.63, 3.8) is 0 Å². The molecule has 2 heteroatoms. The zero-order valence-electron chi connectivity index (χ0n) is 6.82. The van der Waals surface area contributed by atoms with E-state index in [2.05, 4.69) is 0 Å². The molecule has 1 rings (SSSR count). The van der Waals surface area contributed by atoms with E-state index in [1.807, 2.05) is 25.1 Å². The number of carbonyl (C=O) groups is 1. The standard InChI is InChI=1S/C10H9NO/c1-8-2-4-9(5-3-8)10(6-11)7-12/h2-5,7,10H,1H3/t10-/m0/s1. The largest absolute Gasteiger partial charge is 0.302 e. The molecule has 1 aromatic rings. The van der Waals surface area contributed by atoms with E-state index >= 15 is 0 Å². The molecule has 0 aromatic heterocycles. The molecule has 1 aromatic carbocycles. The number of hydrogen-bond acceptors (Lipinski definition) is 2. The second-order valence-electron chi connectivity index (χ2n) is 2.65. The molecule has 1 atom stereocenters. The topological polar surface area (TPSA) is 40.9 Å². The smallest absolute Gasteiger partial charge is 0.141 e. The first-order chi connectivity index (χ1) is 5.77. The average molecular weight is 159 g/mol. The van der Waals surface area contributed by atoms with Gasteiger partial charge in [0, 0.05) is 0 Å². The summed E-state index contributed by atoms with van der Waals surface area (Å²) < 4.78 is 0. The minimum Gasteiger partial charge on any atom is -0.302 e. The van der Waals surface area contributed by atoms with Crippen molar-refractivity contribution in [1.82, 2.24) is 0 Å². The second kappa shape index (κ2) is 3.68. The first-order valence-electron chi connectivity index (χ1n) is 3.69. The van der Waals surface area contributed by atoms with Crippen molar-refractivity contribution >= 4 is 6.29 Å². The lowest BCUT2D eigenvalue weighted by Gasteiger charge is -2.00. The van der Waals surface area contributed by atoms with Gasteiger partial charge in [0.15, 0.2) is 0 Å². The Kier molecular flexibility index (Phi) is 2.60. The third-order valence-electron chi connectivity index (χ3n) is 1.71. The van der Waals surface area contributed by atoms with E-state index in [0.717, 1.165) is 11.1 Å². The van der Waals surface area contributed by atoms with Crippen molar-refractivity contribution in [2.24, 2.45) is 0 Å². The summed E-state index contributed by atoms with van der Waals surface area (Å²) in [6, 6.07) is 9.31. The zero-order valence-corrected chi connectivity index (χ0v) is 6.82. The van der Waals surface area contributed by atoms with Crippen LogP contribution in [0.5, 0.6) is 0 Å². The van der Waals surface area contributed by atoms with Crippen LogP contribution in [-0.2, 0) is 4.79 Å². The highest BCUT2D eigenvalue weighted by Crippen LogP contribution is 2.12. The molecule has 0 unspecified atom stereocenters. The number of nitriles is 1. The molecule has 2 nitrogen and oxygen atoms in total. The van der Waals surface area contributed by atoms with Gasteiger partial charge in [0.25, 0.3) is 0 Å². The summed E-state index contributed by atoms with van der Waals surface area (Å²) in [5.74, 6) is -0.620. The van der Waals surface area contributed by atoms with Crippen LogP contribution in [0.3, 0.4) is 0 Å². The molecule has 0 amide bonds. The highest BCUT2D eigenvalue weighted by Gasteiger charge is 2.06. The van der Waals surface area contributed by atoms with Crippen LogP contribution in [0.25, 0.3) is 0 Å². The average Bonchev–Trinajstić information content (AvgIpc) is 2.10. The summed E-state index contributed by atoms with van der Waals surface area (Å²) in [6.07, 6.45) is 0.657. The van der Waals surface area contributed by atoms with Crippen molar-refractivity contribution < 1.29 is 4.79 Å². The summed E-state index contributed by atoms with van der Waals surface area (Å²) in [7, 11) is 0. The number of nitrogens with zero attached hydrogens (tertiary/aromatic N) is 1. The highest BCUT2D eigenvalue weighted by atomic mass is 16.1. The number of aryl methyl sites for hydroxylation is 1. The predicted molar refractivity (Wildman–Crippen MR) is 45.6 cm³/mol. The number of hydrogen-bond donors (Lipinski definition) is 0.